The monoisotopic (exact) mass is 370 g/mol. The largest absolute Gasteiger partial charge is 0.497 e. The first-order valence-electron chi connectivity index (χ1n) is 9.11. The summed E-state index contributed by atoms with van der Waals surface area (Å²) in [6, 6.07) is 8.95. The van der Waals surface area contributed by atoms with Gasteiger partial charge in [0, 0.05) is 32.2 Å². The van der Waals surface area contributed by atoms with Crippen molar-refractivity contribution in [2.75, 3.05) is 57.2 Å². The molecule has 0 aliphatic carbocycles. The molecule has 2 heterocycles. The van der Waals surface area contributed by atoms with Crippen LogP contribution >= 0.6 is 0 Å². The topological polar surface area (TPSA) is 66.9 Å². The number of aromatic nitrogens is 1. The van der Waals surface area contributed by atoms with Crippen LogP contribution in [0.2, 0.25) is 0 Å². The number of benzene rings is 1. The average Bonchev–Trinajstić information content (AvgIpc) is 2.74. The fourth-order valence-electron chi connectivity index (χ4n) is 3.12. The van der Waals surface area contributed by atoms with Crippen LogP contribution in [-0.2, 0) is 0 Å². The first-order valence-corrected chi connectivity index (χ1v) is 9.11. The molecule has 1 amide bonds. The van der Waals surface area contributed by atoms with Crippen LogP contribution in [0.5, 0.6) is 11.5 Å². The summed E-state index contributed by atoms with van der Waals surface area (Å²) in [6.45, 7) is 7.32. The Morgan fingerprint density at radius 1 is 1.11 bits per heavy atom. The highest BCUT2D eigenvalue weighted by atomic mass is 16.5. The molecule has 1 fully saturated rings. The van der Waals surface area contributed by atoms with Gasteiger partial charge < -0.3 is 24.6 Å². The van der Waals surface area contributed by atoms with E-state index in [9.17, 15) is 4.79 Å². The van der Waals surface area contributed by atoms with Gasteiger partial charge in [-0.15, -0.1) is 0 Å². The van der Waals surface area contributed by atoms with E-state index < -0.39 is 0 Å². The number of nitrogens with one attached hydrogen (secondary N) is 1. The van der Waals surface area contributed by atoms with Gasteiger partial charge in [-0.1, -0.05) is 6.92 Å². The first kappa shape index (κ1) is 19.0. The van der Waals surface area contributed by atoms with E-state index in [0.29, 0.717) is 22.9 Å². The molecule has 1 N–H and O–H groups in total. The Balaban J connectivity index is 1.66. The summed E-state index contributed by atoms with van der Waals surface area (Å²) < 4.78 is 10.5. The molecule has 0 unspecified atom stereocenters. The van der Waals surface area contributed by atoms with E-state index in [1.807, 2.05) is 6.07 Å². The maximum Gasteiger partial charge on any atom is 0.274 e. The van der Waals surface area contributed by atoms with Crippen LogP contribution < -0.4 is 19.7 Å². The standard InChI is InChI=1S/C20H26N4O3/c1-4-23-9-11-24(12-10-23)15-5-7-18(21-14-15)20(25)22-17-8-6-16(26-2)13-19(17)27-3/h5-8,13-14H,4,9-12H2,1-3H3,(H,22,25). The number of amides is 1. The van der Waals surface area contributed by atoms with Gasteiger partial charge in [0.05, 0.1) is 31.8 Å². The lowest BCUT2D eigenvalue weighted by Gasteiger charge is -2.35. The molecule has 0 radical (unpaired) electrons. The molecule has 3 rings (SSSR count). The molecule has 0 spiro atoms. The van der Waals surface area contributed by atoms with E-state index in [2.05, 4.69) is 27.0 Å². The zero-order valence-corrected chi connectivity index (χ0v) is 16.1. The molecule has 27 heavy (non-hydrogen) atoms. The van der Waals surface area contributed by atoms with Crippen LogP contribution in [0.15, 0.2) is 36.5 Å². The number of nitrogens with zero attached hydrogens (tertiary/aromatic N) is 3. The molecule has 1 aromatic heterocycles. The molecule has 1 aliphatic rings. The molecule has 1 aliphatic heterocycles. The lowest BCUT2D eigenvalue weighted by atomic mass is 10.2. The zero-order valence-electron chi connectivity index (χ0n) is 16.1. The number of carbonyl (C=O) groups is 1. The molecule has 0 atom stereocenters. The highest BCUT2D eigenvalue weighted by molar-refractivity contribution is 6.03. The Bertz CT molecular complexity index is 771. The third-order valence-electron chi connectivity index (χ3n) is 4.82. The van der Waals surface area contributed by atoms with E-state index in [0.717, 1.165) is 38.4 Å². The molecule has 1 saturated heterocycles. The average molecular weight is 370 g/mol. The molecule has 7 heteroatoms. The minimum Gasteiger partial charge on any atom is -0.497 e. The Morgan fingerprint density at radius 3 is 2.48 bits per heavy atom. The number of hydrogen-bond donors (Lipinski definition) is 1. The van der Waals surface area contributed by atoms with Crippen LogP contribution in [0.1, 0.15) is 17.4 Å². The summed E-state index contributed by atoms with van der Waals surface area (Å²) >= 11 is 0. The summed E-state index contributed by atoms with van der Waals surface area (Å²) in [4.78, 5) is 21.6. The number of anilines is 2. The molecule has 2 aromatic rings. The van der Waals surface area contributed by atoms with E-state index in [-0.39, 0.29) is 5.91 Å². The lowest BCUT2D eigenvalue weighted by molar-refractivity contribution is 0.102. The maximum atomic E-state index is 12.5. The van der Waals surface area contributed by atoms with Gasteiger partial charge in [-0.25, -0.2) is 4.98 Å². The fourth-order valence-corrected chi connectivity index (χ4v) is 3.12. The minimum absolute atomic E-state index is 0.277. The van der Waals surface area contributed by atoms with Crippen molar-refractivity contribution in [2.24, 2.45) is 0 Å². The molecule has 0 saturated carbocycles. The van der Waals surface area contributed by atoms with E-state index in [1.165, 1.54) is 0 Å². The second kappa shape index (κ2) is 8.73. The van der Waals surface area contributed by atoms with Gasteiger partial charge in [0.15, 0.2) is 0 Å². The number of pyridine rings is 1. The summed E-state index contributed by atoms with van der Waals surface area (Å²) in [5.41, 5.74) is 1.98. The van der Waals surface area contributed by atoms with Gasteiger partial charge in [-0.05, 0) is 30.8 Å². The van der Waals surface area contributed by atoms with Crippen molar-refractivity contribution in [3.63, 3.8) is 0 Å². The second-order valence-corrected chi connectivity index (χ2v) is 6.34. The van der Waals surface area contributed by atoms with Gasteiger partial charge in [0.1, 0.15) is 17.2 Å². The minimum atomic E-state index is -0.277. The van der Waals surface area contributed by atoms with Crippen LogP contribution in [0, 0.1) is 0 Å². The number of piperazine rings is 1. The van der Waals surface area contributed by atoms with Crippen LogP contribution in [0.25, 0.3) is 0 Å². The molecule has 144 valence electrons. The summed E-state index contributed by atoms with van der Waals surface area (Å²) in [7, 11) is 3.14. The molecular weight excluding hydrogens is 344 g/mol. The molecule has 1 aromatic carbocycles. The fraction of sp³-hybridized carbons (Fsp3) is 0.400. The third-order valence-corrected chi connectivity index (χ3v) is 4.82. The van der Waals surface area contributed by atoms with Crippen molar-refractivity contribution in [2.45, 2.75) is 6.92 Å². The van der Waals surface area contributed by atoms with Crippen molar-refractivity contribution in [1.82, 2.24) is 9.88 Å². The Morgan fingerprint density at radius 2 is 1.89 bits per heavy atom. The lowest BCUT2D eigenvalue weighted by Crippen LogP contribution is -2.46. The molecular formula is C20H26N4O3. The van der Waals surface area contributed by atoms with E-state index in [1.54, 1.807) is 44.7 Å². The smallest absolute Gasteiger partial charge is 0.274 e. The van der Waals surface area contributed by atoms with Gasteiger partial charge in [0.25, 0.3) is 5.91 Å². The quantitative estimate of drug-likeness (QED) is 0.843. The van der Waals surface area contributed by atoms with Crippen LogP contribution in [0.4, 0.5) is 11.4 Å². The molecule has 7 nitrogen and oxygen atoms in total. The van der Waals surface area contributed by atoms with Crippen molar-refractivity contribution in [1.29, 1.82) is 0 Å². The van der Waals surface area contributed by atoms with Crippen LogP contribution in [-0.4, -0.2) is 62.7 Å². The number of rotatable bonds is 6. The summed E-state index contributed by atoms with van der Waals surface area (Å²) in [6.07, 6.45) is 1.77. The normalized spacial score (nSPS) is 14.7. The zero-order chi connectivity index (χ0) is 19.2. The SMILES string of the molecule is CCN1CCN(c2ccc(C(=O)Nc3ccc(OC)cc3OC)nc2)CC1. The third kappa shape index (κ3) is 4.49. The number of ether oxygens (including phenoxy) is 2. The van der Waals surface area contributed by atoms with Crippen molar-refractivity contribution >= 4 is 17.3 Å². The summed E-state index contributed by atoms with van der Waals surface area (Å²) in [5, 5.41) is 2.84. The Hall–Kier alpha value is -2.80. The van der Waals surface area contributed by atoms with Crippen molar-refractivity contribution < 1.29 is 14.3 Å². The van der Waals surface area contributed by atoms with Crippen molar-refractivity contribution in [3.05, 3.63) is 42.2 Å². The first-order chi connectivity index (χ1) is 13.1. The maximum absolute atomic E-state index is 12.5. The van der Waals surface area contributed by atoms with Gasteiger partial charge in [-0.3, -0.25) is 4.79 Å². The number of carbonyl (C=O) groups excluding carboxylic acids is 1. The van der Waals surface area contributed by atoms with Crippen LogP contribution in [0.3, 0.4) is 0 Å². The van der Waals surface area contributed by atoms with E-state index in [4.69, 9.17) is 9.47 Å². The van der Waals surface area contributed by atoms with Gasteiger partial charge in [-0.2, -0.15) is 0 Å². The number of methoxy groups -OCH3 is 2. The Labute approximate surface area is 159 Å². The Kier molecular flexibility index (Phi) is 6.13. The molecule has 0 bridgehead atoms. The second-order valence-electron chi connectivity index (χ2n) is 6.34. The highest BCUT2D eigenvalue weighted by Gasteiger charge is 2.17. The van der Waals surface area contributed by atoms with Crippen molar-refractivity contribution in [3.8, 4) is 11.5 Å². The van der Waals surface area contributed by atoms with Gasteiger partial charge >= 0.3 is 0 Å². The summed E-state index contributed by atoms with van der Waals surface area (Å²) in [5.74, 6) is 0.921. The predicted octanol–water partition coefficient (Wildman–Crippen LogP) is 2.49. The van der Waals surface area contributed by atoms with E-state index >= 15 is 0 Å². The predicted molar refractivity (Wildman–Crippen MR) is 106 cm³/mol. The number of hydrogen-bond acceptors (Lipinski definition) is 6. The highest BCUT2D eigenvalue weighted by Crippen LogP contribution is 2.29. The van der Waals surface area contributed by atoms with Gasteiger partial charge in [0.2, 0.25) is 0 Å². The number of likely N-dealkylation sites (N-methyl/N-ethyl adjacent to an activating group) is 1.